The molecular weight excluding hydrogens is 366 g/mol. The molecule has 27 heavy (non-hydrogen) atoms. The van der Waals surface area contributed by atoms with Crippen LogP contribution in [0.5, 0.6) is 17.2 Å². The van der Waals surface area contributed by atoms with Crippen molar-refractivity contribution in [2.75, 3.05) is 18.5 Å². The number of hydrogen-bond acceptors (Lipinski definition) is 4. The molecule has 0 unspecified atom stereocenters. The highest BCUT2D eigenvalue weighted by atomic mass is 35.5. The molecule has 0 aromatic heterocycles. The Labute approximate surface area is 164 Å². The van der Waals surface area contributed by atoms with Gasteiger partial charge in [0.05, 0.1) is 30.3 Å². The molecule has 2 aromatic rings. The van der Waals surface area contributed by atoms with E-state index in [4.69, 9.17) is 21.1 Å². The number of phenols is 1. The zero-order valence-electron chi connectivity index (χ0n) is 15.8. The summed E-state index contributed by atoms with van der Waals surface area (Å²) in [5.74, 6) is 0.865. The highest BCUT2D eigenvalue weighted by Crippen LogP contribution is 2.38. The second-order valence-electron chi connectivity index (χ2n) is 7.66. The van der Waals surface area contributed by atoms with Gasteiger partial charge in [0, 0.05) is 6.42 Å². The van der Waals surface area contributed by atoms with Crippen molar-refractivity contribution in [1.29, 1.82) is 0 Å². The number of carbonyl (C=O) groups is 1. The highest BCUT2D eigenvalue weighted by molar-refractivity contribution is 6.32. The van der Waals surface area contributed by atoms with Crippen LogP contribution >= 0.6 is 11.6 Å². The Morgan fingerprint density at radius 2 is 1.93 bits per heavy atom. The van der Waals surface area contributed by atoms with Gasteiger partial charge in [0.15, 0.2) is 11.5 Å². The number of anilines is 1. The summed E-state index contributed by atoms with van der Waals surface area (Å²) >= 11 is 6.28. The standard InChI is InChI=1S/C21H24ClNO4/c1-21(2,3)14-5-6-17(24)16(12-14)23-19(25)11-13-9-15(22)20-18(10-13)26-7-4-8-27-20/h5-6,9-10,12,24H,4,7-8,11H2,1-3H3,(H,23,25). The van der Waals surface area contributed by atoms with Gasteiger partial charge in [-0.15, -0.1) is 0 Å². The molecular formula is C21H24ClNO4. The van der Waals surface area contributed by atoms with Gasteiger partial charge in [-0.2, -0.15) is 0 Å². The zero-order chi connectivity index (χ0) is 19.6. The average molecular weight is 390 g/mol. The van der Waals surface area contributed by atoms with Gasteiger partial charge in [0.2, 0.25) is 5.91 Å². The molecule has 1 aliphatic rings. The molecule has 0 atom stereocenters. The first-order valence-electron chi connectivity index (χ1n) is 8.95. The van der Waals surface area contributed by atoms with E-state index in [-0.39, 0.29) is 23.5 Å². The van der Waals surface area contributed by atoms with Crippen molar-refractivity contribution in [2.45, 2.75) is 39.0 Å². The molecule has 0 radical (unpaired) electrons. The van der Waals surface area contributed by atoms with Gasteiger partial charge in [-0.3, -0.25) is 4.79 Å². The van der Waals surface area contributed by atoms with Crippen LogP contribution in [0.2, 0.25) is 5.02 Å². The lowest BCUT2D eigenvalue weighted by molar-refractivity contribution is -0.115. The van der Waals surface area contributed by atoms with E-state index < -0.39 is 0 Å². The van der Waals surface area contributed by atoms with E-state index in [9.17, 15) is 9.90 Å². The maximum Gasteiger partial charge on any atom is 0.228 e. The van der Waals surface area contributed by atoms with Crippen molar-refractivity contribution in [3.8, 4) is 17.2 Å². The van der Waals surface area contributed by atoms with Crippen LogP contribution in [0.4, 0.5) is 5.69 Å². The minimum Gasteiger partial charge on any atom is -0.506 e. The Morgan fingerprint density at radius 3 is 2.67 bits per heavy atom. The fourth-order valence-electron chi connectivity index (χ4n) is 2.87. The van der Waals surface area contributed by atoms with Crippen molar-refractivity contribution in [2.24, 2.45) is 0 Å². The number of benzene rings is 2. The van der Waals surface area contributed by atoms with E-state index in [0.717, 1.165) is 12.0 Å². The van der Waals surface area contributed by atoms with Crippen LogP contribution in [-0.2, 0) is 16.6 Å². The van der Waals surface area contributed by atoms with Gasteiger partial charge >= 0.3 is 0 Å². The van der Waals surface area contributed by atoms with E-state index in [1.54, 1.807) is 24.3 Å². The number of ether oxygens (including phenoxy) is 2. The fraction of sp³-hybridized carbons (Fsp3) is 0.381. The number of nitrogens with one attached hydrogen (secondary N) is 1. The fourth-order valence-corrected chi connectivity index (χ4v) is 3.16. The number of phenolic OH excluding ortho intramolecular Hbond substituents is 1. The van der Waals surface area contributed by atoms with E-state index in [1.165, 1.54) is 0 Å². The summed E-state index contributed by atoms with van der Waals surface area (Å²) in [6.45, 7) is 7.32. The third kappa shape index (κ3) is 4.66. The molecule has 0 bridgehead atoms. The highest BCUT2D eigenvalue weighted by Gasteiger charge is 2.19. The molecule has 2 N–H and O–H groups in total. The molecule has 6 heteroatoms. The van der Waals surface area contributed by atoms with Crippen LogP contribution in [0.3, 0.4) is 0 Å². The van der Waals surface area contributed by atoms with E-state index >= 15 is 0 Å². The summed E-state index contributed by atoms with van der Waals surface area (Å²) in [7, 11) is 0. The smallest absolute Gasteiger partial charge is 0.228 e. The molecule has 1 heterocycles. The second-order valence-corrected chi connectivity index (χ2v) is 8.07. The quantitative estimate of drug-likeness (QED) is 0.747. The van der Waals surface area contributed by atoms with Crippen molar-refractivity contribution in [3.63, 3.8) is 0 Å². The summed E-state index contributed by atoms with van der Waals surface area (Å²) in [5.41, 5.74) is 2.05. The lowest BCUT2D eigenvalue weighted by atomic mass is 9.87. The first-order valence-corrected chi connectivity index (χ1v) is 9.33. The van der Waals surface area contributed by atoms with Crippen molar-refractivity contribution in [1.82, 2.24) is 0 Å². The van der Waals surface area contributed by atoms with Crippen molar-refractivity contribution in [3.05, 3.63) is 46.5 Å². The van der Waals surface area contributed by atoms with Crippen LogP contribution in [-0.4, -0.2) is 24.2 Å². The van der Waals surface area contributed by atoms with Gasteiger partial charge in [-0.05, 0) is 40.8 Å². The van der Waals surface area contributed by atoms with Gasteiger partial charge in [0.1, 0.15) is 5.75 Å². The average Bonchev–Trinajstić information content (AvgIpc) is 2.81. The largest absolute Gasteiger partial charge is 0.506 e. The number of carbonyl (C=O) groups excluding carboxylic acids is 1. The van der Waals surface area contributed by atoms with Gasteiger partial charge < -0.3 is 19.9 Å². The molecule has 1 amide bonds. The lowest BCUT2D eigenvalue weighted by Gasteiger charge is -2.20. The van der Waals surface area contributed by atoms with E-state index in [0.29, 0.717) is 41.0 Å². The monoisotopic (exact) mass is 389 g/mol. The van der Waals surface area contributed by atoms with Gasteiger partial charge in [0.25, 0.3) is 0 Å². The number of hydrogen-bond donors (Lipinski definition) is 2. The van der Waals surface area contributed by atoms with Gasteiger partial charge in [-0.1, -0.05) is 38.4 Å². The van der Waals surface area contributed by atoms with E-state index in [1.807, 2.05) is 6.07 Å². The number of fused-ring (bicyclic) bond motifs is 1. The SMILES string of the molecule is CC(C)(C)c1ccc(O)c(NC(=O)Cc2cc(Cl)c3c(c2)OCCCO3)c1. The number of amides is 1. The number of rotatable bonds is 3. The maximum atomic E-state index is 12.5. The number of aromatic hydroxyl groups is 1. The Morgan fingerprint density at radius 1 is 1.19 bits per heavy atom. The van der Waals surface area contributed by atoms with Gasteiger partial charge in [-0.25, -0.2) is 0 Å². The molecule has 0 saturated heterocycles. The third-order valence-corrected chi connectivity index (χ3v) is 4.64. The summed E-state index contributed by atoms with van der Waals surface area (Å²) < 4.78 is 11.3. The van der Waals surface area contributed by atoms with Crippen LogP contribution in [0.15, 0.2) is 30.3 Å². The summed E-state index contributed by atoms with van der Waals surface area (Å²) in [6, 6.07) is 8.74. The first-order chi connectivity index (χ1) is 12.7. The Bertz CT molecular complexity index is 858. The molecule has 0 saturated carbocycles. The Hall–Kier alpha value is -2.40. The predicted octanol–water partition coefficient (Wildman–Crippen LogP) is 4.69. The molecule has 0 aliphatic carbocycles. The Balaban J connectivity index is 1.77. The summed E-state index contributed by atoms with van der Waals surface area (Å²) in [4.78, 5) is 12.5. The molecule has 144 valence electrons. The van der Waals surface area contributed by atoms with Crippen LogP contribution < -0.4 is 14.8 Å². The van der Waals surface area contributed by atoms with Crippen LogP contribution in [0.1, 0.15) is 38.3 Å². The maximum absolute atomic E-state index is 12.5. The molecule has 3 rings (SSSR count). The second kappa shape index (κ2) is 7.69. The topological polar surface area (TPSA) is 67.8 Å². The van der Waals surface area contributed by atoms with Crippen molar-refractivity contribution >= 4 is 23.2 Å². The molecule has 1 aliphatic heterocycles. The normalized spacial score (nSPS) is 13.8. The minimum atomic E-state index is -0.248. The molecule has 0 spiro atoms. The number of halogens is 1. The van der Waals surface area contributed by atoms with Crippen LogP contribution in [0.25, 0.3) is 0 Å². The minimum absolute atomic E-state index is 0.0352. The predicted molar refractivity (Wildman–Crippen MR) is 106 cm³/mol. The Kier molecular flexibility index (Phi) is 5.51. The zero-order valence-corrected chi connectivity index (χ0v) is 16.5. The lowest BCUT2D eigenvalue weighted by Crippen LogP contribution is -2.16. The van der Waals surface area contributed by atoms with E-state index in [2.05, 4.69) is 26.1 Å². The van der Waals surface area contributed by atoms with Crippen molar-refractivity contribution < 1.29 is 19.4 Å². The molecule has 5 nitrogen and oxygen atoms in total. The summed E-state index contributed by atoms with van der Waals surface area (Å²) in [5, 5.41) is 13.3. The first kappa shape index (κ1) is 19.4. The molecule has 0 fully saturated rings. The summed E-state index contributed by atoms with van der Waals surface area (Å²) in [6.07, 6.45) is 0.889. The van der Waals surface area contributed by atoms with Crippen LogP contribution in [0, 0.1) is 0 Å². The molecule has 2 aromatic carbocycles. The third-order valence-electron chi connectivity index (χ3n) is 4.36.